The fourth-order valence-corrected chi connectivity index (χ4v) is 2.41. The van der Waals surface area contributed by atoms with Crippen LogP contribution in [0.2, 0.25) is 0 Å². The lowest BCUT2D eigenvalue weighted by Crippen LogP contribution is -2.16. The number of hydrogen-bond acceptors (Lipinski definition) is 2. The molecule has 0 amide bonds. The summed E-state index contributed by atoms with van der Waals surface area (Å²) in [6.45, 7) is 3.64. The number of rotatable bonds is 3. The Morgan fingerprint density at radius 1 is 1.19 bits per heavy atom. The van der Waals surface area contributed by atoms with E-state index in [1.807, 2.05) is 13.0 Å². The average molecular weight is 294 g/mol. The molecule has 0 bridgehead atoms. The third-order valence-corrected chi connectivity index (χ3v) is 3.59. The third kappa shape index (κ3) is 3.24. The van der Waals surface area contributed by atoms with E-state index in [0.717, 1.165) is 29.7 Å². The first-order valence-corrected chi connectivity index (χ1v) is 6.70. The quantitative estimate of drug-likeness (QED) is 0.928. The number of aryl methyl sites for hydroxylation is 2. The van der Waals surface area contributed by atoms with Gasteiger partial charge in [0.05, 0.1) is 11.6 Å². The van der Waals surface area contributed by atoms with E-state index < -0.39 is 17.8 Å². The molecular formula is C16H17F3N2. The number of nitrogens with two attached hydrogens (primary N) is 1. The lowest BCUT2D eigenvalue weighted by molar-refractivity contribution is -0.137. The topological polar surface area (TPSA) is 38.9 Å². The minimum atomic E-state index is -4.33. The van der Waals surface area contributed by atoms with Crippen LogP contribution in [0.15, 0.2) is 36.7 Å². The average Bonchev–Trinajstić information content (AvgIpc) is 2.45. The van der Waals surface area contributed by atoms with Gasteiger partial charge >= 0.3 is 6.18 Å². The van der Waals surface area contributed by atoms with Crippen LogP contribution >= 0.6 is 0 Å². The summed E-state index contributed by atoms with van der Waals surface area (Å²) < 4.78 is 38.1. The molecule has 0 aliphatic rings. The Morgan fingerprint density at radius 2 is 1.90 bits per heavy atom. The molecule has 1 aromatic carbocycles. The molecule has 2 rings (SSSR count). The molecule has 1 unspecified atom stereocenters. The number of halogens is 3. The highest BCUT2D eigenvalue weighted by molar-refractivity contribution is 5.41. The monoisotopic (exact) mass is 294 g/mol. The Balaban J connectivity index is 2.42. The van der Waals surface area contributed by atoms with Crippen molar-refractivity contribution in [2.75, 3.05) is 0 Å². The van der Waals surface area contributed by atoms with Gasteiger partial charge in [0, 0.05) is 12.4 Å². The first kappa shape index (κ1) is 15.5. The zero-order valence-electron chi connectivity index (χ0n) is 11.9. The number of alkyl halides is 3. The third-order valence-electron chi connectivity index (χ3n) is 3.59. The summed E-state index contributed by atoms with van der Waals surface area (Å²) in [6.07, 6.45) is -0.169. The van der Waals surface area contributed by atoms with Gasteiger partial charge in [-0.15, -0.1) is 0 Å². The van der Waals surface area contributed by atoms with Crippen LogP contribution in [0.25, 0.3) is 0 Å². The highest BCUT2D eigenvalue weighted by Gasteiger charge is 2.31. The van der Waals surface area contributed by atoms with E-state index in [9.17, 15) is 13.2 Å². The lowest BCUT2D eigenvalue weighted by Gasteiger charge is -2.19. The summed E-state index contributed by atoms with van der Waals surface area (Å²) >= 11 is 0. The Bertz CT molecular complexity index is 636. The molecule has 0 aliphatic carbocycles. The first-order chi connectivity index (χ1) is 9.84. The van der Waals surface area contributed by atoms with Crippen molar-refractivity contribution in [3.05, 3.63) is 64.5 Å². The van der Waals surface area contributed by atoms with Gasteiger partial charge in [0.2, 0.25) is 0 Å². The van der Waals surface area contributed by atoms with E-state index >= 15 is 0 Å². The summed E-state index contributed by atoms with van der Waals surface area (Å²) in [5.41, 5.74) is 8.73. The van der Waals surface area contributed by atoms with Gasteiger partial charge < -0.3 is 5.73 Å². The second-order valence-electron chi connectivity index (χ2n) is 4.97. The Kier molecular flexibility index (Phi) is 4.32. The molecule has 1 heterocycles. The van der Waals surface area contributed by atoms with E-state index in [4.69, 9.17) is 5.73 Å². The molecule has 2 aromatic rings. The molecule has 21 heavy (non-hydrogen) atoms. The van der Waals surface area contributed by atoms with E-state index in [1.165, 1.54) is 6.07 Å². The Morgan fingerprint density at radius 3 is 2.48 bits per heavy atom. The van der Waals surface area contributed by atoms with E-state index in [2.05, 4.69) is 4.98 Å². The molecule has 0 fully saturated rings. The highest BCUT2D eigenvalue weighted by Crippen LogP contribution is 2.32. The van der Waals surface area contributed by atoms with Gasteiger partial charge in [-0.2, -0.15) is 13.2 Å². The smallest absolute Gasteiger partial charge is 0.320 e. The number of pyridine rings is 1. The summed E-state index contributed by atoms with van der Waals surface area (Å²) in [5.74, 6) is 0. The van der Waals surface area contributed by atoms with Gasteiger partial charge in [-0.25, -0.2) is 0 Å². The zero-order chi connectivity index (χ0) is 15.6. The van der Waals surface area contributed by atoms with Crippen LogP contribution in [0.4, 0.5) is 13.2 Å². The molecule has 5 heteroatoms. The van der Waals surface area contributed by atoms with Crippen LogP contribution in [-0.2, 0) is 12.6 Å². The first-order valence-electron chi connectivity index (χ1n) is 6.70. The maximum atomic E-state index is 12.7. The fourth-order valence-electron chi connectivity index (χ4n) is 2.41. The van der Waals surface area contributed by atoms with Gasteiger partial charge in [-0.1, -0.05) is 13.0 Å². The van der Waals surface area contributed by atoms with Crippen LogP contribution < -0.4 is 5.73 Å². The maximum Gasteiger partial charge on any atom is 0.416 e. The largest absolute Gasteiger partial charge is 0.416 e. The predicted molar refractivity (Wildman–Crippen MR) is 75.8 cm³/mol. The minimum absolute atomic E-state index is 0.453. The Labute approximate surface area is 121 Å². The molecule has 0 spiro atoms. The zero-order valence-corrected chi connectivity index (χ0v) is 11.9. The summed E-state index contributed by atoms with van der Waals surface area (Å²) in [4.78, 5) is 4.06. The molecule has 2 N–H and O–H groups in total. The van der Waals surface area contributed by atoms with Gasteiger partial charge in [0.1, 0.15) is 0 Å². The van der Waals surface area contributed by atoms with Crippen molar-refractivity contribution in [1.29, 1.82) is 0 Å². The van der Waals surface area contributed by atoms with Gasteiger partial charge in [0.15, 0.2) is 0 Å². The van der Waals surface area contributed by atoms with Crippen molar-refractivity contribution < 1.29 is 13.2 Å². The van der Waals surface area contributed by atoms with Crippen molar-refractivity contribution in [2.45, 2.75) is 32.5 Å². The van der Waals surface area contributed by atoms with Crippen molar-refractivity contribution in [3.8, 4) is 0 Å². The number of nitrogens with zero attached hydrogens (tertiary/aromatic N) is 1. The van der Waals surface area contributed by atoms with Crippen LogP contribution in [0, 0.1) is 6.92 Å². The molecule has 1 aromatic heterocycles. The van der Waals surface area contributed by atoms with Gasteiger partial charge in [-0.05, 0) is 53.8 Å². The molecule has 112 valence electrons. The maximum absolute atomic E-state index is 12.7. The van der Waals surface area contributed by atoms with E-state index in [0.29, 0.717) is 11.1 Å². The summed E-state index contributed by atoms with van der Waals surface area (Å²) in [6, 6.07) is 5.05. The normalized spacial score (nSPS) is 13.2. The molecule has 0 saturated heterocycles. The molecule has 0 saturated carbocycles. The number of aromatic nitrogens is 1. The molecule has 2 nitrogen and oxygen atoms in total. The van der Waals surface area contributed by atoms with Crippen LogP contribution in [-0.4, -0.2) is 4.98 Å². The second kappa shape index (κ2) is 5.85. The Hall–Kier alpha value is -1.88. The SMILES string of the molecule is CCc1cnccc1C(N)c1ccc(C(F)(F)F)cc1C. The predicted octanol–water partition coefficient (Wildman–Crippen LogP) is 4.02. The molecule has 1 atom stereocenters. The second-order valence-corrected chi connectivity index (χ2v) is 4.97. The fraction of sp³-hybridized carbons (Fsp3) is 0.312. The summed E-state index contributed by atoms with van der Waals surface area (Å²) in [5, 5.41) is 0. The van der Waals surface area contributed by atoms with Crippen molar-refractivity contribution in [2.24, 2.45) is 5.73 Å². The summed E-state index contributed by atoms with van der Waals surface area (Å²) in [7, 11) is 0. The standard InChI is InChI=1S/C16H17F3N2/c1-3-11-9-21-7-6-14(11)15(20)13-5-4-12(8-10(13)2)16(17,18)19/h4-9,15H,3,20H2,1-2H3. The lowest BCUT2D eigenvalue weighted by atomic mass is 9.92. The molecule has 0 radical (unpaired) electrons. The van der Waals surface area contributed by atoms with Gasteiger partial charge in [-0.3, -0.25) is 4.98 Å². The number of hydrogen-bond donors (Lipinski definition) is 1. The van der Waals surface area contributed by atoms with Crippen molar-refractivity contribution in [1.82, 2.24) is 4.98 Å². The van der Waals surface area contributed by atoms with E-state index in [1.54, 1.807) is 19.3 Å². The highest BCUT2D eigenvalue weighted by atomic mass is 19.4. The van der Waals surface area contributed by atoms with E-state index in [-0.39, 0.29) is 0 Å². The molecular weight excluding hydrogens is 277 g/mol. The van der Waals surface area contributed by atoms with Crippen molar-refractivity contribution >= 4 is 0 Å². The van der Waals surface area contributed by atoms with Gasteiger partial charge in [0.25, 0.3) is 0 Å². The van der Waals surface area contributed by atoms with Crippen molar-refractivity contribution in [3.63, 3.8) is 0 Å². The number of benzene rings is 1. The minimum Gasteiger partial charge on any atom is -0.320 e. The van der Waals surface area contributed by atoms with Crippen LogP contribution in [0.5, 0.6) is 0 Å². The van der Waals surface area contributed by atoms with Crippen LogP contribution in [0.1, 0.15) is 40.8 Å². The van der Waals surface area contributed by atoms with Crippen LogP contribution in [0.3, 0.4) is 0 Å². The molecule has 0 aliphatic heterocycles.